The third-order valence-electron chi connectivity index (χ3n) is 19.9. The lowest BCUT2D eigenvalue weighted by atomic mass is 9.96. The van der Waals surface area contributed by atoms with Crippen molar-refractivity contribution in [2.75, 3.05) is 0 Å². The molecule has 0 unspecified atom stereocenters. The number of pyridine rings is 2. The van der Waals surface area contributed by atoms with E-state index in [0.717, 1.165) is 143 Å². The van der Waals surface area contributed by atoms with Gasteiger partial charge in [0.2, 0.25) is 5.95 Å². The van der Waals surface area contributed by atoms with Gasteiger partial charge in [-0.15, -0.1) is 0 Å². The molecule has 0 aliphatic carbocycles. The summed E-state index contributed by atoms with van der Waals surface area (Å²) in [5.74, 6) is 3.38. The maximum atomic E-state index is 15.7. The number of para-hydroxylation sites is 3. The molecule has 21 aromatic rings. The van der Waals surface area contributed by atoms with Gasteiger partial charge in [-0.25, -0.2) is 34.9 Å². The lowest BCUT2D eigenvalue weighted by molar-refractivity contribution is 1.01. The van der Waals surface area contributed by atoms with Crippen molar-refractivity contribution in [3.63, 3.8) is 0 Å². The zero-order valence-electron chi connectivity index (χ0n) is 53.0. The van der Waals surface area contributed by atoms with Crippen molar-refractivity contribution in [2.24, 2.45) is 0 Å². The Kier molecular flexibility index (Phi) is 11.8. The smallest absolute Gasteiger partial charge is 0.264 e. The summed E-state index contributed by atoms with van der Waals surface area (Å²) in [4.78, 5) is 67.2. The number of nitrogens with zero attached hydrogens (tertiary/aromatic N) is 11. The molecule has 0 fully saturated rings. The number of hydrogen-bond acceptors (Lipinski definition) is 9. The second kappa shape index (κ2) is 21.3. The maximum absolute atomic E-state index is 15.7. The van der Waals surface area contributed by atoms with Crippen LogP contribution in [-0.4, -0.2) is 52.8 Å². The number of fused-ring (bicyclic) bond motifs is 13. The minimum absolute atomic E-state index is 0.110. The van der Waals surface area contributed by atoms with Crippen molar-refractivity contribution >= 4 is 109 Å². The zero-order valence-corrected chi connectivity index (χ0v) is 53.0. The first-order valence-electron chi connectivity index (χ1n) is 33.2. The van der Waals surface area contributed by atoms with Gasteiger partial charge in [0.1, 0.15) is 11.6 Å². The summed E-state index contributed by atoms with van der Waals surface area (Å²) < 4.78 is 8.08. The highest BCUT2D eigenvalue weighted by atomic mass is 16.1. The molecule has 0 N–H and O–H groups in total. The number of hydrogen-bond donors (Lipinski definition) is 0. The number of rotatable bonds is 9. The molecule has 464 valence electrons. The normalized spacial score (nSPS) is 12.1. The average Bonchev–Trinajstić information content (AvgIpc) is 1.52. The molecule has 8 aromatic heterocycles. The topological polar surface area (TPSA) is 143 Å². The summed E-state index contributed by atoms with van der Waals surface area (Å²) >= 11 is 0. The summed E-state index contributed by atoms with van der Waals surface area (Å²) in [7, 11) is 0. The van der Waals surface area contributed by atoms with Gasteiger partial charge < -0.3 is 4.57 Å². The second-order valence-electron chi connectivity index (χ2n) is 25.5. The molecule has 0 saturated carbocycles. The standard InChI is InChI=1S/C87H49N11O2/c99-85-61-33-14-13-32-59(61)75-74-64-36-17-20-39-70(64)96(72(74)49-68-78(75)97(85)83(89-68)54-26-9-3-10-27-54)87-90-66-37-18-15-34-62(66)77(91-87)51-42-40-50(41-43-51)56-44-45-60-65(47-56)86(100)98-79-67(88-84(98)55-28-11-4-12-29-55)48-71-73(76(60)79)63-35-16-19-38-69(63)95(71)58-31-21-30-57(46-58)82-93-80(52-22-5-1-6-23-52)92-81(94-82)53-24-7-2-8-25-53/h1-49H. The lowest BCUT2D eigenvalue weighted by Gasteiger charge is -2.13. The summed E-state index contributed by atoms with van der Waals surface area (Å²) in [6.07, 6.45) is 0. The van der Waals surface area contributed by atoms with Gasteiger partial charge in [0.05, 0.1) is 55.3 Å². The fourth-order valence-corrected chi connectivity index (χ4v) is 15.5. The molecule has 21 rings (SSSR count). The van der Waals surface area contributed by atoms with Gasteiger partial charge >= 0.3 is 0 Å². The number of benzene rings is 13. The highest BCUT2D eigenvalue weighted by molar-refractivity contribution is 6.32. The van der Waals surface area contributed by atoms with E-state index in [1.165, 1.54) is 0 Å². The average molecular weight is 1280 g/mol. The van der Waals surface area contributed by atoms with Crippen LogP contribution in [0.3, 0.4) is 0 Å². The Bertz CT molecular complexity index is 7060. The monoisotopic (exact) mass is 1280 g/mol. The summed E-state index contributed by atoms with van der Waals surface area (Å²) in [5, 5.41) is 9.67. The largest absolute Gasteiger partial charge is 0.309 e. The summed E-state index contributed by atoms with van der Waals surface area (Å²) in [6, 6.07) is 100. The fraction of sp³-hybridized carbons (Fsp3) is 0. The van der Waals surface area contributed by atoms with Gasteiger partial charge in [0, 0.05) is 87.5 Å². The number of imidazole rings is 2. The van der Waals surface area contributed by atoms with Gasteiger partial charge in [0.15, 0.2) is 17.5 Å². The highest BCUT2D eigenvalue weighted by Crippen LogP contribution is 2.46. The second-order valence-corrected chi connectivity index (χ2v) is 25.5. The van der Waals surface area contributed by atoms with E-state index in [4.69, 9.17) is 34.9 Å². The molecular weight excluding hydrogens is 1230 g/mol. The van der Waals surface area contributed by atoms with Crippen molar-refractivity contribution in [3.05, 3.63) is 318 Å². The summed E-state index contributed by atoms with van der Waals surface area (Å²) in [6.45, 7) is 0. The first-order valence-corrected chi connectivity index (χ1v) is 33.2. The van der Waals surface area contributed by atoms with E-state index in [9.17, 15) is 4.79 Å². The van der Waals surface area contributed by atoms with Crippen LogP contribution >= 0.6 is 0 Å². The Balaban J connectivity index is 0.728. The highest BCUT2D eigenvalue weighted by Gasteiger charge is 2.29. The van der Waals surface area contributed by atoms with E-state index >= 15 is 4.79 Å². The van der Waals surface area contributed by atoms with Crippen LogP contribution in [0.1, 0.15) is 0 Å². The van der Waals surface area contributed by atoms with Crippen LogP contribution in [-0.2, 0) is 0 Å². The van der Waals surface area contributed by atoms with E-state index in [1.807, 2.05) is 180 Å². The Hall–Kier alpha value is -13.9. The van der Waals surface area contributed by atoms with Crippen LogP contribution < -0.4 is 11.1 Å². The van der Waals surface area contributed by atoms with Crippen molar-refractivity contribution in [1.82, 2.24) is 52.8 Å². The Labute approximate surface area is 567 Å². The van der Waals surface area contributed by atoms with E-state index in [1.54, 1.807) is 4.40 Å². The Morgan fingerprint density at radius 1 is 0.240 bits per heavy atom. The van der Waals surface area contributed by atoms with Crippen LogP contribution in [0, 0.1) is 0 Å². The predicted molar refractivity (Wildman–Crippen MR) is 402 cm³/mol. The first-order chi connectivity index (χ1) is 49.4. The third-order valence-corrected chi connectivity index (χ3v) is 19.9. The van der Waals surface area contributed by atoms with Crippen LogP contribution in [0.2, 0.25) is 0 Å². The zero-order chi connectivity index (χ0) is 65.8. The molecule has 0 saturated heterocycles. The molecule has 8 heterocycles. The predicted octanol–water partition coefficient (Wildman–Crippen LogP) is 19.2. The molecule has 0 atom stereocenters. The molecule has 100 heavy (non-hydrogen) atoms. The molecule has 0 aliphatic rings. The minimum Gasteiger partial charge on any atom is -0.309 e. The lowest BCUT2D eigenvalue weighted by Crippen LogP contribution is -2.14. The van der Waals surface area contributed by atoms with Crippen molar-refractivity contribution < 1.29 is 0 Å². The third kappa shape index (κ3) is 8.14. The SMILES string of the molecule is O=c1c2cc(-c3ccc(-c4nc(-n5c6ccccc6c6c7c8ccccc8c(=O)n8c(-c9ccccc9)nc(cc65)c78)nc5ccccc45)cc3)ccc2c2c3c4ccccc4n(-c4cccc(-c5nc(-c6ccccc6)nc(-c6ccccc6)n5)c4)c3cc3nc(-c4ccccc4)n1c32. The molecule has 13 nitrogen and oxygen atoms in total. The molecule has 0 radical (unpaired) electrons. The molecular formula is C87H49N11O2. The molecule has 13 heteroatoms. The van der Waals surface area contributed by atoms with Crippen molar-refractivity contribution in [2.45, 2.75) is 0 Å². The van der Waals surface area contributed by atoms with Gasteiger partial charge in [-0.2, -0.15) is 0 Å². The molecule has 0 spiro atoms. The van der Waals surface area contributed by atoms with Crippen molar-refractivity contribution in [3.8, 4) is 91.0 Å². The maximum Gasteiger partial charge on any atom is 0.264 e. The van der Waals surface area contributed by atoms with E-state index in [0.29, 0.717) is 56.9 Å². The molecule has 0 amide bonds. The molecule has 0 bridgehead atoms. The summed E-state index contributed by atoms with van der Waals surface area (Å²) in [5.41, 5.74) is 15.8. The Morgan fingerprint density at radius 3 is 1.27 bits per heavy atom. The van der Waals surface area contributed by atoms with E-state index < -0.39 is 0 Å². The van der Waals surface area contributed by atoms with Crippen LogP contribution in [0.5, 0.6) is 0 Å². The Morgan fingerprint density at radius 2 is 0.680 bits per heavy atom. The minimum atomic E-state index is -0.155. The first kappa shape index (κ1) is 55.4. The molecule has 0 aliphatic heterocycles. The van der Waals surface area contributed by atoms with Crippen molar-refractivity contribution in [1.29, 1.82) is 0 Å². The van der Waals surface area contributed by atoms with Gasteiger partial charge in [-0.1, -0.05) is 243 Å². The molecule has 13 aromatic carbocycles. The van der Waals surface area contributed by atoms with Gasteiger partial charge in [-0.05, 0) is 76.5 Å². The number of aromatic nitrogens is 11. The fourth-order valence-electron chi connectivity index (χ4n) is 15.5. The van der Waals surface area contributed by atoms with Gasteiger partial charge in [-0.3, -0.25) is 23.0 Å². The van der Waals surface area contributed by atoms with Crippen LogP contribution in [0.15, 0.2) is 307 Å². The van der Waals surface area contributed by atoms with E-state index in [-0.39, 0.29) is 11.1 Å². The van der Waals surface area contributed by atoms with Crippen LogP contribution in [0.25, 0.3) is 200 Å². The van der Waals surface area contributed by atoms with E-state index in [2.05, 4.69) is 130 Å². The quantitative estimate of drug-likeness (QED) is 0.129. The van der Waals surface area contributed by atoms with Crippen LogP contribution in [0.4, 0.5) is 0 Å². The van der Waals surface area contributed by atoms with Gasteiger partial charge in [0.25, 0.3) is 11.1 Å².